The number of rotatable bonds is 2. The van der Waals surface area contributed by atoms with Crippen LogP contribution in [-0.4, -0.2) is 17.9 Å². The first-order valence-electron chi connectivity index (χ1n) is 6.87. The number of amides is 2. The molecule has 114 valence electrons. The van der Waals surface area contributed by atoms with Crippen LogP contribution in [-0.2, 0) is 16.0 Å². The van der Waals surface area contributed by atoms with Crippen molar-refractivity contribution < 1.29 is 14.0 Å². The van der Waals surface area contributed by atoms with E-state index in [1.165, 1.54) is 12.1 Å². The largest absolute Gasteiger partial charge is 0.326 e. The summed E-state index contributed by atoms with van der Waals surface area (Å²) in [6, 6.07) is 2.02. The highest BCUT2D eigenvalue weighted by Crippen LogP contribution is 2.29. The lowest BCUT2D eigenvalue weighted by Gasteiger charge is -2.26. The van der Waals surface area contributed by atoms with Crippen LogP contribution in [0.15, 0.2) is 12.1 Å². The maximum atomic E-state index is 14.0. The molecule has 0 spiro atoms. The molecule has 0 radical (unpaired) electrons. The number of halogens is 1. The first kappa shape index (κ1) is 15.4. The van der Waals surface area contributed by atoms with Gasteiger partial charge in [-0.3, -0.25) is 9.59 Å². The van der Waals surface area contributed by atoms with Crippen LogP contribution in [0.2, 0.25) is 0 Å². The smallest absolute Gasteiger partial charge is 0.241 e. The number of benzene rings is 1. The summed E-state index contributed by atoms with van der Waals surface area (Å²) >= 11 is 0. The lowest BCUT2D eigenvalue weighted by Crippen LogP contribution is -2.45. The number of fused-ring (bicyclic) bond motifs is 1. The summed E-state index contributed by atoms with van der Waals surface area (Å²) in [6.07, 6.45) is 0.834. The summed E-state index contributed by atoms with van der Waals surface area (Å²) < 4.78 is 14.0. The molecule has 0 aromatic heterocycles. The molecule has 0 saturated carbocycles. The number of carbonyl (C=O) groups is 2. The molecule has 1 aromatic carbocycles. The second kappa shape index (κ2) is 5.44. The number of hydrogen-bond acceptors (Lipinski definition) is 3. The molecule has 0 aliphatic carbocycles. The van der Waals surface area contributed by atoms with Crippen LogP contribution in [0.5, 0.6) is 0 Å². The van der Waals surface area contributed by atoms with Crippen molar-refractivity contribution >= 4 is 23.2 Å². The molecule has 5 nitrogen and oxygen atoms in total. The van der Waals surface area contributed by atoms with E-state index in [0.717, 1.165) is 5.56 Å². The maximum absolute atomic E-state index is 14.0. The Kier molecular flexibility index (Phi) is 4.00. The molecule has 0 saturated heterocycles. The molecule has 21 heavy (non-hydrogen) atoms. The van der Waals surface area contributed by atoms with Crippen LogP contribution in [0.1, 0.15) is 32.8 Å². The van der Waals surface area contributed by atoms with Crippen molar-refractivity contribution in [1.29, 1.82) is 0 Å². The predicted molar refractivity (Wildman–Crippen MR) is 79.4 cm³/mol. The zero-order valence-corrected chi connectivity index (χ0v) is 12.4. The van der Waals surface area contributed by atoms with Gasteiger partial charge in [-0.25, -0.2) is 4.39 Å². The highest BCUT2D eigenvalue weighted by atomic mass is 19.1. The average molecular weight is 293 g/mol. The van der Waals surface area contributed by atoms with Gasteiger partial charge in [0.25, 0.3) is 0 Å². The van der Waals surface area contributed by atoms with E-state index in [-0.39, 0.29) is 11.6 Å². The van der Waals surface area contributed by atoms with Gasteiger partial charge in [0.15, 0.2) is 0 Å². The van der Waals surface area contributed by atoms with Crippen LogP contribution in [0.25, 0.3) is 0 Å². The van der Waals surface area contributed by atoms with E-state index >= 15 is 0 Å². The molecule has 2 amide bonds. The minimum Gasteiger partial charge on any atom is -0.326 e. The first-order valence-corrected chi connectivity index (χ1v) is 6.87. The van der Waals surface area contributed by atoms with Gasteiger partial charge in [-0.15, -0.1) is 0 Å². The minimum atomic E-state index is -0.762. The van der Waals surface area contributed by atoms with E-state index in [2.05, 4.69) is 10.6 Å². The number of nitrogens with one attached hydrogen (secondary N) is 2. The average Bonchev–Trinajstić information content (AvgIpc) is 2.38. The Morgan fingerprint density at radius 3 is 2.67 bits per heavy atom. The van der Waals surface area contributed by atoms with Gasteiger partial charge < -0.3 is 16.4 Å². The fourth-order valence-corrected chi connectivity index (χ4v) is 2.10. The van der Waals surface area contributed by atoms with Crippen LogP contribution in [0.4, 0.5) is 15.8 Å². The van der Waals surface area contributed by atoms with Crippen molar-refractivity contribution in [3.63, 3.8) is 0 Å². The topological polar surface area (TPSA) is 84.2 Å². The molecular weight excluding hydrogens is 273 g/mol. The summed E-state index contributed by atoms with van der Waals surface area (Å²) in [5.74, 6) is -1.10. The van der Waals surface area contributed by atoms with E-state index in [0.29, 0.717) is 18.5 Å². The fourth-order valence-electron chi connectivity index (χ4n) is 2.10. The van der Waals surface area contributed by atoms with Crippen molar-refractivity contribution in [3.8, 4) is 0 Å². The van der Waals surface area contributed by atoms with E-state index < -0.39 is 23.2 Å². The third-order valence-electron chi connectivity index (χ3n) is 3.56. The minimum absolute atomic E-state index is 0.0284. The van der Waals surface area contributed by atoms with Crippen molar-refractivity contribution in [1.82, 2.24) is 0 Å². The number of anilines is 2. The highest BCUT2D eigenvalue weighted by Gasteiger charge is 2.28. The molecule has 1 aromatic rings. The van der Waals surface area contributed by atoms with Gasteiger partial charge in [0, 0.05) is 12.1 Å². The Hall–Kier alpha value is -1.95. The molecule has 0 bridgehead atoms. The van der Waals surface area contributed by atoms with Crippen LogP contribution in [0.3, 0.4) is 0 Å². The zero-order valence-electron chi connectivity index (χ0n) is 12.4. The molecule has 1 atom stereocenters. The van der Waals surface area contributed by atoms with Gasteiger partial charge in [-0.1, -0.05) is 20.8 Å². The van der Waals surface area contributed by atoms with Crippen LogP contribution >= 0.6 is 0 Å². The van der Waals surface area contributed by atoms with Gasteiger partial charge >= 0.3 is 0 Å². The third-order valence-corrected chi connectivity index (χ3v) is 3.56. The molecule has 0 fully saturated rings. The molecular formula is C15H20FN3O2. The van der Waals surface area contributed by atoms with Gasteiger partial charge in [0.1, 0.15) is 5.82 Å². The number of hydrogen-bond donors (Lipinski definition) is 3. The Morgan fingerprint density at radius 2 is 2.05 bits per heavy atom. The lowest BCUT2D eigenvalue weighted by atomic mass is 9.87. The summed E-state index contributed by atoms with van der Waals surface area (Å²) in [7, 11) is 0. The summed E-state index contributed by atoms with van der Waals surface area (Å²) in [5, 5.41) is 5.16. The Morgan fingerprint density at radius 1 is 1.38 bits per heavy atom. The number of carbonyl (C=O) groups excluding carboxylic acids is 2. The molecule has 2 rings (SSSR count). The lowest BCUT2D eigenvalue weighted by molar-refractivity contribution is -0.119. The van der Waals surface area contributed by atoms with Crippen LogP contribution in [0, 0.1) is 11.2 Å². The van der Waals surface area contributed by atoms with Crippen LogP contribution < -0.4 is 16.4 Å². The molecule has 4 N–H and O–H groups in total. The second-order valence-corrected chi connectivity index (χ2v) is 6.37. The third kappa shape index (κ3) is 3.39. The Bertz CT molecular complexity index is 593. The summed E-state index contributed by atoms with van der Waals surface area (Å²) in [5.41, 5.74) is 6.71. The van der Waals surface area contributed by atoms with Gasteiger partial charge in [0.05, 0.1) is 11.7 Å². The van der Waals surface area contributed by atoms with Crippen molar-refractivity contribution in [2.45, 2.75) is 39.7 Å². The molecule has 6 heteroatoms. The van der Waals surface area contributed by atoms with E-state index in [4.69, 9.17) is 5.73 Å². The summed E-state index contributed by atoms with van der Waals surface area (Å²) in [6.45, 7) is 5.50. The molecule has 1 aliphatic rings. The van der Waals surface area contributed by atoms with Crippen molar-refractivity contribution in [2.75, 3.05) is 10.6 Å². The molecule has 1 aliphatic heterocycles. The Balaban J connectivity index is 2.23. The van der Waals surface area contributed by atoms with E-state index in [1.807, 2.05) is 20.8 Å². The maximum Gasteiger partial charge on any atom is 0.241 e. The van der Waals surface area contributed by atoms with Gasteiger partial charge in [-0.05, 0) is 29.5 Å². The Labute approximate surface area is 123 Å². The van der Waals surface area contributed by atoms with E-state index in [9.17, 15) is 14.0 Å². The van der Waals surface area contributed by atoms with Crippen molar-refractivity contribution in [2.24, 2.45) is 11.1 Å². The summed E-state index contributed by atoms with van der Waals surface area (Å²) in [4.78, 5) is 23.4. The first-order chi connectivity index (χ1) is 9.68. The predicted octanol–water partition coefficient (Wildman–Crippen LogP) is 2.02. The quantitative estimate of drug-likeness (QED) is 0.780. The van der Waals surface area contributed by atoms with Gasteiger partial charge in [0.2, 0.25) is 11.8 Å². The number of aryl methyl sites for hydroxylation is 1. The normalized spacial score (nSPS) is 16.0. The SMILES string of the molecule is CC(C)(C)[C@@H](N)C(=O)Nc1cc2c(cc1F)CCC(=O)N2. The zero-order chi connectivity index (χ0) is 15.8. The molecule has 0 unspecified atom stereocenters. The standard InChI is InChI=1S/C15H20FN3O2/c1-15(2,3)13(17)14(21)19-11-7-10-8(6-9(11)16)4-5-12(20)18-10/h6-7,13H,4-5,17H2,1-3H3,(H,18,20)(H,19,21)/t13-/m0/s1. The fraction of sp³-hybridized carbons (Fsp3) is 0.467. The highest BCUT2D eigenvalue weighted by molar-refractivity contribution is 5.98. The van der Waals surface area contributed by atoms with E-state index in [1.54, 1.807) is 0 Å². The second-order valence-electron chi connectivity index (χ2n) is 6.37. The van der Waals surface area contributed by atoms with Gasteiger partial charge in [-0.2, -0.15) is 0 Å². The molecule has 1 heterocycles. The number of nitrogens with two attached hydrogens (primary N) is 1. The monoisotopic (exact) mass is 293 g/mol. The van der Waals surface area contributed by atoms with Crippen molar-refractivity contribution in [3.05, 3.63) is 23.5 Å².